The van der Waals surface area contributed by atoms with Crippen LogP contribution in [0.4, 0.5) is 9.52 Å². The standard InChI is InChI=1S/C23H17FN2O2S2/c24-18-8-6-17(7-9-18)21-15-30-23(25-21)26-22(27)12-5-16-3-10-20(11-4-16)29-14-19-2-1-13-28-19/h1-13,15H,14H2,(H,25,26,27)/b12-5-. The van der Waals surface area contributed by atoms with Gasteiger partial charge in [0.05, 0.1) is 17.7 Å². The fourth-order valence-corrected chi connectivity index (χ4v) is 4.15. The molecule has 1 N–H and O–H groups in total. The minimum absolute atomic E-state index is 0.258. The molecule has 0 bridgehead atoms. The van der Waals surface area contributed by atoms with Gasteiger partial charge < -0.3 is 4.42 Å². The van der Waals surface area contributed by atoms with Crippen LogP contribution in [-0.2, 0) is 10.5 Å². The molecule has 2 aromatic carbocycles. The van der Waals surface area contributed by atoms with E-state index in [1.165, 1.54) is 29.5 Å². The molecule has 4 nitrogen and oxygen atoms in total. The highest BCUT2D eigenvalue weighted by Crippen LogP contribution is 2.25. The second-order valence-corrected chi connectivity index (χ2v) is 8.21. The highest BCUT2D eigenvalue weighted by Gasteiger charge is 2.07. The molecule has 4 rings (SSSR count). The van der Waals surface area contributed by atoms with Crippen molar-refractivity contribution < 1.29 is 13.6 Å². The van der Waals surface area contributed by atoms with Gasteiger partial charge in [0.1, 0.15) is 11.6 Å². The summed E-state index contributed by atoms with van der Waals surface area (Å²) in [5.74, 6) is 1.16. The van der Waals surface area contributed by atoms with E-state index < -0.39 is 0 Å². The van der Waals surface area contributed by atoms with Crippen molar-refractivity contribution in [1.29, 1.82) is 0 Å². The van der Waals surface area contributed by atoms with Crippen LogP contribution in [0.2, 0.25) is 0 Å². The van der Waals surface area contributed by atoms with Crippen molar-refractivity contribution in [3.63, 3.8) is 0 Å². The van der Waals surface area contributed by atoms with E-state index in [1.807, 2.05) is 41.8 Å². The third-order valence-electron chi connectivity index (χ3n) is 4.14. The third kappa shape index (κ3) is 5.46. The normalized spacial score (nSPS) is 11.1. The fourth-order valence-electron chi connectivity index (χ4n) is 2.63. The minimum atomic E-state index is -0.295. The Kier molecular flexibility index (Phi) is 6.41. The van der Waals surface area contributed by atoms with Crippen molar-refractivity contribution in [2.24, 2.45) is 0 Å². The summed E-state index contributed by atoms with van der Waals surface area (Å²) >= 11 is 3.01. The van der Waals surface area contributed by atoms with Crippen molar-refractivity contribution in [2.75, 3.05) is 5.32 Å². The van der Waals surface area contributed by atoms with Gasteiger partial charge in [0.25, 0.3) is 0 Å². The number of amides is 1. The van der Waals surface area contributed by atoms with Crippen LogP contribution in [0.25, 0.3) is 17.3 Å². The lowest BCUT2D eigenvalue weighted by molar-refractivity contribution is -0.111. The number of rotatable bonds is 7. The minimum Gasteiger partial charge on any atom is -0.468 e. The number of aromatic nitrogens is 1. The molecule has 0 saturated heterocycles. The number of anilines is 1. The summed E-state index contributed by atoms with van der Waals surface area (Å²) in [5.41, 5.74) is 2.43. The molecule has 0 unspecified atom stereocenters. The number of carbonyl (C=O) groups excluding carboxylic acids is 1. The summed E-state index contributed by atoms with van der Waals surface area (Å²) < 4.78 is 18.4. The number of nitrogens with one attached hydrogen (secondary N) is 1. The van der Waals surface area contributed by atoms with Crippen LogP contribution in [0.15, 0.2) is 87.7 Å². The van der Waals surface area contributed by atoms with Gasteiger partial charge in [0.2, 0.25) is 5.91 Å². The summed E-state index contributed by atoms with van der Waals surface area (Å²) in [5, 5.41) is 5.07. The van der Waals surface area contributed by atoms with Crippen molar-refractivity contribution in [1.82, 2.24) is 4.98 Å². The third-order valence-corrected chi connectivity index (χ3v) is 5.93. The van der Waals surface area contributed by atoms with E-state index in [4.69, 9.17) is 4.42 Å². The quantitative estimate of drug-likeness (QED) is 0.266. The lowest BCUT2D eigenvalue weighted by Gasteiger charge is -2.01. The van der Waals surface area contributed by atoms with Gasteiger partial charge in [-0.25, -0.2) is 9.37 Å². The molecule has 2 heterocycles. The van der Waals surface area contributed by atoms with Crippen LogP contribution in [0.1, 0.15) is 11.3 Å². The average molecular weight is 437 g/mol. The Balaban J connectivity index is 1.31. The molecule has 2 aromatic heterocycles. The van der Waals surface area contributed by atoms with E-state index >= 15 is 0 Å². The van der Waals surface area contributed by atoms with Crippen LogP contribution >= 0.6 is 23.1 Å². The molecule has 1 amide bonds. The molecule has 0 aliphatic carbocycles. The molecule has 0 radical (unpaired) electrons. The molecule has 7 heteroatoms. The lowest BCUT2D eigenvalue weighted by atomic mass is 10.2. The van der Waals surface area contributed by atoms with Crippen LogP contribution in [0, 0.1) is 5.82 Å². The molecule has 0 atom stereocenters. The number of thiazole rings is 1. The molecule has 0 spiro atoms. The van der Waals surface area contributed by atoms with Crippen molar-refractivity contribution >= 4 is 40.2 Å². The van der Waals surface area contributed by atoms with E-state index in [0.717, 1.165) is 27.5 Å². The van der Waals surface area contributed by atoms with Crippen LogP contribution in [0.3, 0.4) is 0 Å². The monoisotopic (exact) mass is 436 g/mol. The summed E-state index contributed by atoms with van der Waals surface area (Å²) in [6, 6.07) is 17.9. The molecule has 0 aliphatic rings. The van der Waals surface area contributed by atoms with Crippen LogP contribution in [0.5, 0.6) is 0 Å². The zero-order chi connectivity index (χ0) is 20.8. The number of nitrogens with zero attached hydrogens (tertiary/aromatic N) is 1. The molecule has 0 fully saturated rings. The van der Waals surface area contributed by atoms with E-state index in [-0.39, 0.29) is 11.7 Å². The summed E-state index contributed by atoms with van der Waals surface area (Å²) in [4.78, 5) is 17.7. The zero-order valence-corrected chi connectivity index (χ0v) is 17.4. The first-order valence-corrected chi connectivity index (χ1v) is 11.0. The molecular formula is C23H17FN2O2S2. The topological polar surface area (TPSA) is 55.1 Å². The Labute approximate surface area is 181 Å². The van der Waals surface area contributed by atoms with Gasteiger partial charge in [-0.3, -0.25) is 10.1 Å². The second-order valence-electron chi connectivity index (χ2n) is 6.30. The molecule has 150 valence electrons. The Hall–Kier alpha value is -3.16. The Morgan fingerprint density at radius 1 is 1.13 bits per heavy atom. The number of hydrogen-bond donors (Lipinski definition) is 1. The smallest absolute Gasteiger partial charge is 0.250 e. The molecule has 0 aliphatic heterocycles. The number of furan rings is 1. The summed E-state index contributed by atoms with van der Waals surface area (Å²) in [6.45, 7) is 0. The molecule has 4 aromatic rings. The number of carbonyl (C=O) groups is 1. The van der Waals surface area contributed by atoms with Gasteiger partial charge in [-0.15, -0.1) is 23.1 Å². The largest absolute Gasteiger partial charge is 0.468 e. The van der Waals surface area contributed by atoms with Crippen LogP contribution in [-0.4, -0.2) is 10.9 Å². The number of halogens is 1. The maximum absolute atomic E-state index is 13.0. The maximum atomic E-state index is 13.0. The zero-order valence-electron chi connectivity index (χ0n) is 15.7. The van der Waals surface area contributed by atoms with Gasteiger partial charge >= 0.3 is 0 Å². The molecule has 30 heavy (non-hydrogen) atoms. The van der Waals surface area contributed by atoms with Crippen LogP contribution < -0.4 is 5.32 Å². The second kappa shape index (κ2) is 9.56. The SMILES string of the molecule is O=C(/C=C\c1ccc(SCc2ccco2)cc1)Nc1nc(-c2ccc(F)cc2)cs1. The van der Waals surface area contributed by atoms with Crippen molar-refractivity contribution in [3.8, 4) is 11.3 Å². The number of benzene rings is 2. The summed E-state index contributed by atoms with van der Waals surface area (Å²) in [7, 11) is 0. The fraction of sp³-hybridized carbons (Fsp3) is 0.0435. The van der Waals surface area contributed by atoms with Gasteiger partial charge in [-0.2, -0.15) is 0 Å². The first-order valence-electron chi connectivity index (χ1n) is 9.11. The van der Waals surface area contributed by atoms with Gasteiger partial charge in [-0.1, -0.05) is 12.1 Å². The van der Waals surface area contributed by atoms with Crippen molar-refractivity contribution in [2.45, 2.75) is 10.6 Å². The number of thioether (sulfide) groups is 1. The average Bonchev–Trinajstić information content (AvgIpc) is 3.44. The maximum Gasteiger partial charge on any atom is 0.250 e. The number of hydrogen-bond acceptors (Lipinski definition) is 5. The Morgan fingerprint density at radius 2 is 1.93 bits per heavy atom. The van der Waals surface area contributed by atoms with E-state index in [0.29, 0.717) is 10.8 Å². The van der Waals surface area contributed by atoms with Gasteiger partial charge in [-0.05, 0) is 60.2 Å². The lowest BCUT2D eigenvalue weighted by Crippen LogP contribution is -2.07. The highest BCUT2D eigenvalue weighted by atomic mass is 32.2. The van der Waals surface area contributed by atoms with E-state index in [2.05, 4.69) is 10.3 Å². The molecule has 0 saturated carbocycles. The van der Waals surface area contributed by atoms with Gasteiger partial charge in [0.15, 0.2) is 5.13 Å². The first kappa shape index (κ1) is 20.1. The van der Waals surface area contributed by atoms with E-state index in [9.17, 15) is 9.18 Å². The first-order chi connectivity index (χ1) is 14.7. The predicted molar refractivity (Wildman–Crippen MR) is 120 cm³/mol. The predicted octanol–water partition coefficient (Wildman–Crippen LogP) is 6.49. The Bertz CT molecular complexity index is 1130. The van der Waals surface area contributed by atoms with Crippen molar-refractivity contribution in [3.05, 3.63) is 95.5 Å². The highest BCUT2D eigenvalue weighted by molar-refractivity contribution is 7.98. The van der Waals surface area contributed by atoms with Gasteiger partial charge in [0, 0.05) is 21.9 Å². The summed E-state index contributed by atoms with van der Waals surface area (Å²) in [6.07, 6.45) is 4.90. The molecular weight excluding hydrogens is 419 g/mol. The Morgan fingerprint density at radius 3 is 2.67 bits per heavy atom. The van der Waals surface area contributed by atoms with E-state index in [1.54, 1.807) is 36.2 Å².